The zero-order valence-electron chi connectivity index (χ0n) is 20.5. The highest BCUT2D eigenvalue weighted by atomic mass is 32.2. The van der Waals surface area contributed by atoms with Crippen LogP contribution in [-0.4, -0.2) is 50.3 Å². The van der Waals surface area contributed by atoms with Gasteiger partial charge in [0.15, 0.2) is 0 Å². The lowest BCUT2D eigenvalue weighted by Gasteiger charge is -2.37. The number of amides is 1. The summed E-state index contributed by atoms with van der Waals surface area (Å²) in [5, 5.41) is 3.50. The average molecular weight is 533 g/mol. The molecular weight excluding hydrogens is 504 g/mol. The second kappa shape index (κ2) is 10.5. The predicted molar refractivity (Wildman–Crippen MR) is 147 cm³/mol. The number of rotatable bonds is 8. The van der Waals surface area contributed by atoms with Crippen molar-refractivity contribution in [2.24, 2.45) is 0 Å². The van der Waals surface area contributed by atoms with Gasteiger partial charge in [-0.05, 0) is 52.6 Å². The topological polar surface area (TPSA) is 66.9 Å². The third kappa shape index (κ3) is 4.80. The molecule has 3 aromatic carbocycles. The summed E-state index contributed by atoms with van der Waals surface area (Å²) in [5.74, 6) is 0.490. The molecule has 0 saturated carbocycles. The van der Waals surface area contributed by atoms with Crippen LogP contribution in [0, 0.1) is 0 Å². The third-order valence-corrected chi connectivity index (χ3v) is 9.60. The number of nitrogens with zero attached hydrogens (tertiary/aromatic N) is 2. The number of fused-ring (bicyclic) bond motifs is 2. The number of thiophene rings is 1. The summed E-state index contributed by atoms with van der Waals surface area (Å²) in [6.07, 6.45) is 2.26. The Bertz CT molecular complexity index is 1540. The number of hydrogen-bond donors (Lipinski definition) is 0. The highest BCUT2D eigenvalue weighted by molar-refractivity contribution is 7.89. The Morgan fingerprint density at radius 3 is 2.62 bits per heavy atom. The van der Waals surface area contributed by atoms with Gasteiger partial charge in [-0.2, -0.15) is 4.31 Å². The van der Waals surface area contributed by atoms with Crippen LogP contribution in [0.4, 0.5) is 0 Å². The molecule has 0 fully saturated rings. The second-order valence-corrected chi connectivity index (χ2v) is 11.8. The normalized spacial score (nSPS) is 15.5. The lowest BCUT2D eigenvalue weighted by Crippen LogP contribution is -2.46. The Morgan fingerprint density at radius 2 is 1.86 bits per heavy atom. The van der Waals surface area contributed by atoms with E-state index in [-0.39, 0.29) is 29.9 Å². The van der Waals surface area contributed by atoms with Gasteiger partial charge in [-0.1, -0.05) is 54.6 Å². The molecule has 6 nitrogen and oxygen atoms in total. The minimum absolute atomic E-state index is 0.0298. The van der Waals surface area contributed by atoms with Crippen molar-refractivity contribution in [3.63, 3.8) is 0 Å². The van der Waals surface area contributed by atoms with E-state index in [4.69, 9.17) is 4.74 Å². The van der Waals surface area contributed by atoms with Crippen LogP contribution < -0.4 is 4.74 Å². The molecule has 0 unspecified atom stereocenters. The molecule has 1 atom stereocenters. The number of carbonyl (C=O) groups excluding carboxylic acids is 1. The molecule has 37 heavy (non-hydrogen) atoms. The zero-order valence-corrected chi connectivity index (χ0v) is 22.2. The van der Waals surface area contributed by atoms with Crippen molar-refractivity contribution >= 4 is 38.0 Å². The molecule has 4 aromatic rings. The smallest absolute Gasteiger partial charge is 0.244 e. The van der Waals surface area contributed by atoms with Crippen LogP contribution in [0.15, 0.2) is 95.7 Å². The summed E-state index contributed by atoms with van der Waals surface area (Å²) in [7, 11) is -2.35. The molecule has 2 heterocycles. The molecule has 0 radical (unpaired) electrons. The molecular formula is C29H28N2O4S2. The van der Waals surface area contributed by atoms with E-state index >= 15 is 0 Å². The van der Waals surface area contributed by atoms with Crippen LogP contribution in [0.1, 0.15) is 22.0 Å². The minimum atomic E-state index is -3.96. The molecule has 8 heteroatoms. The van der Waals surface area contributed by atoms with Crippen LogP contribution in [0.25, 0.3) is 10.8 Å². The molecule has 1 aliphatic heterocycles. The summed E-state index contributed by atoms with van der Waals surface area (Å²) < 4.78 is 34.2. The lowest BCUT2D eigenvalue weighted by molar-refractivity contribution is -0.133. The summed E-state index contributed by atoms with van der Waals surface area (Å²) in [4.78, 5) is 17.1. The molecule has 1 amide bonds. The minimum Gasteiger partial charge on any atom is -0.497 e. The van der Waals surface area contributed by atoms with E-state index < -0.39 is 10.0 Å². The quantitative estimate of drug-likeness (QED) is 0.290. The van der Waals surface area contributed by atoms with Crippen molar-refractivity contribution in [2.45, 2.75) is 17.4 Å². The average Bonchev–Trinajstić information content (AvgIpc) is 3.41. The summed E-state index contributed by atoms with van der Waals surface area (Å²) in [5.41, 5.74) is 2.04. The molecule has 0 spiro atoms. The van der Waals surface area contributed by atoms with Gasteiger partial charge < -0.3 is 9.64 Å². The predicted octanol–water partition coefficient (Wildman–Crippen LogP) is 5.26. The molecule has 0 saturated heterocycles. The van der Waals surface area contributed by atoms with Gasteiger partial charge in [0, 0.05) is 23.4 Å². The molecule has 190 valence electrons. The molecule has 1 aliphatic rings. The summed E-state index contributed by atoms with van der Waals surface area (Å²) >= 11 is 1.69. The standard InChI is InChI=1S/C29H28N2O4S2/c1-3-17-30(37(33,34)27-10-6-8-21-7-4-5-9-24(21)27)20-28(32)31-18-15-26-25(16-19-36-26)29(31)22-11-13-23(35-2)14-12-22/h3-14,16,19,29H,1,15,17-18,20H2,2H3/t29-/m1/s1. The Balaban J connectivity index is 1.49. The van der Waals surface area contributed by atoms with E-state index in [2.05, 4.69) is 12.6 Å². The number of carbonyl (C=O) groups is 1. The van der Waals surface area contributed by atoms with Gasteiger partial charge in [-0.15, -0.1) is 17.9 Å². The van der Waals surface area contributed by atoms with Crippen LogP contribution in [0.2, 0.25) is 0 Å². The first-order chi connectivity index (χ1) is 17.9. The maximum atomic E-state index is 13.8. The number of hydrogen-bond acceptors (Lipinski definition) is 5. The fourth-order valence-electron chi connectivity index (χ4n) is 4.92. The molecule has 5 rings (SSSR count). The van der Waals surface area contributed by atoms with Crippen LogP contribution in [0.3, 0.4) is 0 Å². The third-order valence-electron chi connectivity index (χ3n) is 6.73. The van der Waals surface area contributed by atoms with E-state index in [0.29, 0.717) is 11.9 Å². The van der Waals surface area contributed by atoms with E-state index in [9.17, 15) is 13.2 Å². The fourth-order valence-corrected chi connectivity index (χ4v) is 7.40. The van der Waals surface area contributed by atoms with Crippen LogP contribution in [0.5, 0.6) is 5.75 Å². The Hall–Kier alpha value is -3.46. The summed E-state index contributed by atoms with van der Waals surface area (Å²) in [6, 6.07) is 22.0. The van der Waals surface area contributed by atoms with E-state index in [1.165, 1.54) is 15.3 Å². The molecule has 1 aromatic heterocycles. The highest BCUT2D eigenvalue weighted by Gasteiger charge is 2.35. The van der Waals surface area contributed by atoms with Crippen molar-refractivity contribution in [1.82, 2.24) is 9.21 Å². The van der Waals surface area contributed by atoms with E-state index in [1.54, 1.807) is 41.5 Å². The second-order valence-electron chi connectivity index (χ2n) is 8.88. The molecule has 0 N–H and O–H groups in total. The Kier molecular flexibility index (Phi) is 7.15. The first-order valence-corrected chi connectivity index (χ1v) is 14.3. The molecule has 0 bridgehead atoms. The van der Waals surface area contributed by atoms with Crippen molar-refractivity contribution < 1.29 is 17.9 Å². The first-order valence-electron chi connectivity index (χ1n) is 12.0. The van der Waals surface area contributed by atoms with Crippen molar-refractivity contribution in [3.8, 4) is 5.75 Å². The maximum absolute atomic E-state index is 13.8. The van der Waals surface area contributed by atoms with Crippen molar-refractivity contribution in [3.05, 3.63) is 107 Å². The van der Waals surface area contributed by atoms with Gasteiger partial charge >= 0.3 is 0 Å². The van der Waals surface area contributed by atoms with Gasteiger partial charge in [0.25, 0.3) is 0 Å². The largest absolute Gasteiger partial charge is 0.497 e. The Morgan fingerprint density at radius 1 is 1.11 bits per heavy atom. The maximum Gasteiger partial charge on any atom is 0.244 e. The number of benzene rings is 3. The van der Waals surface area contributed by atoms with Gasteiger partial charge in [-0.3, -0.25) is 4.79 Å². The Labute approximate surface area is 221 Å². The number of sulfonamides is 1. The lowest BCUT2D eigenvalue weighted by atomic mass is 9.93. The number of methoxy groups -OCH3 is 1. The molecule has 0 aliphatic carbocycles. The SMILES string of the molecule is C=CCN(CC(=O)N1CCc2sccc2[C@H]1c1ccc(OC)cc1)S(=O)(=O)c1cccc2ccccc12. The number of ether oxygens (including phenoxy) is 1. The summed E-state index contributed by atoms with van der Waals surface area (Å²) in [6.45, 7) is 4.02. The van der Waals surface area contributed by atoms with Gasteiger partial charge in [-0.25, -0.2) is 8.42 Å². The first kappa shape index (κ1) is 25.2. The monoisotopic (exact) mass is 532 g/mol. The van der Waals surface area contributed by atoms with Gasteiger partial charge in [0.05, 0.1) is 24.6 Å². The highest BCUT2D eigenvalue weighted by Crippen LogP contribution is 2.38. The van der Waals surface area contributed by atoms with Crippen molar-refractivity contribution in [1.29, 1.82) is 0 Å². The zero-order chi connectivity index (χ0) is 26.0. The van der Waals surface area contributed by atoms with Gasteiger partial charge in [0.1, 0.15) is 5.75 Å². The van der Waals surface area contributed by atoms with E-state index in [1.807, 2.05) is 53.9 Å². The van der Waals surface area contributed by atoms with Gasteiger partial charge in [0.2, 0.25) is 15.9 Å². The van der Waals surface area contributed by atoms with Crippen molar-refractivity contribution in [2.75, 3.05) is 26.7 Å². The van der Waals surface area contributed by atoms with Crippen LogP contribution >= 0.6 is 11.3 Å². The fraction of sp³-hybridized carbons (Fsp3) is 0.207. The van der Waals surface area contributed by atoms with E-state index in [0.717, 1.165) is 28.7 Å². The van der Waals surface area contributed by atoms with Crippen LogP contribution in [-0.2, 0) is 21.2 Å².